The van der Waals surface area contributed by atoms with Gasteiger partial charge in [-0.1, -0.05) is 35.4 Å². The summed E-state index contributed by atoms with van der Waals surface area (Å²) in [7, 11) is -1.40. The molecule has 1 heterocycles. The molecule has 5 heteroatoms. The molecule has 2 rings (SSSR count). The summed E-state index contributed by atoms with van der Waals surface area (Å²) in [5.74, 6) is 2.05. The largest absolute Gasteiger partial charge is 0.616 e. The van der Waals surface area contributed by atoms with Crippen LogP contribution in [0.2, 0.25) is 0 Å². The Labute approximate surface area is 98.8 Å². The van der Waals surface area contributed by atoms with Gasteiger partial charge in [-0.25, -0.2) is 0 Å². The first kappa shape index (κ1) is 12.0. The van der Waals surface area contributed by atoms with Crippen molar-refractivity contribution in [2.24, 2.45) is 0 Å². The minimum absolute atomic E-state index is 0.475. The Balaban J connectivity index is 2.04. The molecule has 0 aromatic heterocycles. The molecule has 0 unspecified atom stereocenters. The molecule has 1 aromatic carbocycles. The second-order valence-electron chi connectivity index (χ2n) is 4.16. The molecule has 1 fully saturated rings. The average molecular weight is 238 g/mol. The highest BCUT2D eigenvalue weighted by Gasteiger charge is 2.23. The first-order valence-corrected chi connectivity index (χ1v) is 6.96. The Kier molecular flexibility index (Phi) is 3.92. The van der Waals surface area contributed by atoms with Crippen LogP contribution in [0.25, 0.3) is 0 Å². The normalized spacial score (nSPS) is 25.4. The third-order valence-electron chi connectivity index (χ3n) is 3.09. The van der Waals surface area contributed by atoms with Crippen molar-refractivity contribution in [2.75, 3.05) is 11.5 Å². The van der Waals surface area contributed by atoms with Crippen LogP contribution in [-0.4, -0.2) is 33.2 Å². The summed E-state index contributed by atoms with van der Waals surface area (Å²) in [6, 6.07) is 7.36. The maximum atomic E-state index is 11.2. The van der Waals surface area contributed by atoms with Crippen LogP contribution in [-0.2, 0) is 11.2 Å². The lowest BCUT2D eigenvalue weighted by atomic mass is 9.79. The van der Waals surface area contributed by atoms with Crippen LogP contribution in [0.5, 0.6) is 0 Å². The van der Waals surface area contributed by atoms with Crippen LogP contribution >= 0.6 is 0 Å². The number of hydrogen-bond acceptors (Lipinski definition) is 3. The highest BCUT2D eigenvalue weighted by atomic mass is 32.2. The van der Waals surface area contributed by atoms with Crippen molar-refractivity contribution in [1.82, 2.24) is 0 Å². The standard InChI is InChI=1S/C11H15BO3S/c13-12(14)11-3-1-9(2-4-11)10-5-7-16(15)8-6-10/h1-4,10,13-14H,5-8H2. The number of rotatable bonds is 2. The summed E-state index contributed by atoms with van der Waals surface area (Å²) in [4.78, 5) is 0. The third-order valence-corrected chi connectivity index (χ3v) is 4.48. The van der Waals surface area contributed by atoms with Gasteiger partial charge in [0, 0.05) is 0 Å². The Bertz CT molecular complexity index is 334. The van der Waals surface area contributed by atoms with E-state index in [9.17, 15) is 4.55 Å². The van der Waals surface area contributed by atoms with E-state index in [0.717, 1.165) is 24.3 Å². The molecule has 1 saturated heterocycles. The highest BCUT2D eigenvalue weighted by molar-refractivity contribution is 7.91. The summed E-state index contributed by atoms with van der Waals surface area (Å²) in [5, 5.41) is 18.0. The van der Waals surface area contributed by atoms with Crippen molar-refractivity contribution in [2.45, 2.75) is 18.8 Å². The summed E-state index contributed by atoms with van der Waals surface area (Å²) in [6.07, 6.45) is 1.93. The summed E-state index contributed by atoms with van der Waals surface area (Å²) in [5.41, 5.74) is 1.73. The smallest absolute Gasteiger partial charge is 0.488 e. The lowest BCUT2D eigenvalue weighted by Crippen LogP contribution is -2.29. The maximum Gasteiger partial charge on any atom is 0.488 e. The van der Waals surface area contributed by atoms with E-state index in [0.29, 0.717) is 11.4 Å². The molecule has 1 aliphatic rings. The van der Waals surface area contributed by atoms with Crippen LogP contribution in [0.15, 0.2) is 24.3 Å². The third kappa shape index (κ3) is 2.80. The van der Waals surface area contributed by atoms with Gasteiger partial charge in [0.25, 0.3) is 0 Å². The van der Waals surface area contributed by atoms with E-state index in [1.165, 1.54) is 5.56 Å². The number of hydrogen-bond donors (Lipinski definition) is 2. The first-order valence-electron chi connectivity index (χ1n) is 5.48. The Morgan fingerprint density at radius 2 is 1.69 bits per heavy atom. The predicted molar refractivity (Wildman–Crippen MR) is 66.1 cm³/mol. The summed E-state index contributed by atoms with van der Waals surface area (Å²) < 4.78 is 11.2. The summed E-state index contributed by atoms with van der Waals surface area (Å²) in [6.45, 7) is 0. The van der Waals surface area contributed by atoms with Gasteiger partial charge < -0.3 is 14.6 Å². The molecule has 0 atom stereocenters. The van der Waals surface area contributed by atoms with Crippen LogP contribution in [0.1, 0.15) is 24.3 Å². The van der Waals surface area contributed by atoms with Gasteiger partial charge in [-0.2, -0.15) is 0 Å². The van der Waals surface area contributed by atoms with Crippen LogP contribution < -0.4 is 5.46 Å². The van der Waals surface area contributed by atoms with Gasteiger partial charge in [0.1, 0.15) is 11.5 Å². The molecule has 0 saturated carbocycles. The van der Waals surface area contributed by atoms with Crippen molar-refractivity contribution >= 4 is 23.8 Å². The van der Waals surface area contributed by atoms with Crippen molar-refractivity contribution in [1.29, 1.82) is 0 Å². The molecule has 0 bridgehead atoms. The highest BCUT2D eigenvalue weighted by Crippen LogP contribution is 2.28. The van der Waals surface area contributed by atoms with Gasteiger partial charge >= 0.3 is 7.12 Å². The molecule has 1 aromatic rings. The van der Waals surface area contributed by atoms with E-state index in [-0.39, 0.29) is 0 Å². The quantitative estimate of drug-likeness (QED) is 0.562. The second kappa shape index (κ2) is 5.23. The fourth-order valence-electron chi connectivity index (χ4n) is 2.07. The van der Waals surface area contributed by atoms with E-state index in [1.54, 1.807) is 12.1 Å². The molecule has 2 N–H and O–H groups in total. The van der Waals surface area contributed by atoms with Crippen LogP contribution in [0.3, 0.4) is 0 Å². The van der Waals surface area contributed by atoms with Crippen LogP contribution in [0, 0.1) is 0 Å². The fraction of sp³-hybridized carbons (Fsp3) is 0.455. The van der Waals surface area contributed by atoms with E-state index >= 15 is 0 Å². The van der Waals surface area contributed by atoms with E-state index in [2.05, 4.69) is 0 Å². The molecular formula is C11H15BO3S. The van der Waals surface area contributed by atoms with E-state index in [4.69, 9.17) is 10.0 Å². The molecule has 86 valence electrons. The maximum absolute atomic E-state index is 11.2. The van der Waals surface area contributed by atoms with Gasteiger partial charge in [-0.15, -0.1) is 0 Å². The molecule has 0 radical (unpaired) electrons. The second-order valence-corrected chi connectivity index (χ2v) is 5.86. The van der Waals surface area contributed by atoms with Crippen molar-refractivity contribution in [3.05, 3.63) is 29.8 Å². The minimum Gasteiger partial charge on any atom is -0.616 e. The number of benzene rings is 1. The van der Waals surface area contributed by atoms with E-state index in [1.807, 2.05) is 12.1 Å². The lowest BCUT2D eigenvalue weighted by Gasteiger charge is -2.24. The van der Waals surface area contributed by atoms with Gasteiger partial charge in [0.2, 0.25) is 0 Å². The van der Waals surface area contributed by atoms with Gasteiger partial charge in [0.05, 0.1) is 0 Å². The Morgan fingerprint density at radius 3 is 2.19 bits per heavy atom. The van der Waals surface area contributed by atoms with Crippen molar-refractivity contribution in [3.8, 4) is 0 Å². The zero-order valence-electron chi connectivity index (χ0n) is 9.00. The Hall–Kier alpha value is -0.485. The van der Waals surface area contributed by atoms with Crippen molar-refractivity contribution in [3.63, 3.8) is 0 Å². The molecular weight excluding hydrogens is 223 g/mol. The summed E-state index contributed by atoms with van der Waals surface area (Å²) >= 11 is -0.626. The monoisotopic (exact) mass is 238 g/mol. The molecule has 1 aliphatic heterocycles. The van der Waals surface area contributed by atoms with E-state index < -0.39 is 18.3 Å². The zero-order valence-corrected chi connectivity index (χ0v) is 9.82. The SMILES string of the molecule is [O-][S+]1CCC(c2ccc(B(O)O)cc2)CC1. The topological polar surface area (TPSA) is 63.5 Å². The Morgan fingerprint density at radius 1 is 1.12 bits per heavy atom. The average Bonchev–Trinajstić information content (AvgIpc) is 2.30. The van der Waals surface area contributed by atoms with Gasteiger partial charge in [-0.3, -0.25) is 0 Å². The van der Waals surface area contributed by atoms with Gasteiger partial charge in [0.15, 0.2) is 0 Å². The zero-order chi connectivity index (χ0) is 11.5. The van der Waals surface area contributed by atoms with Crippen LogP contribution in [0.4, 0.5) is 0 Å². The van der Waals surface area contributed by atoms with Gasteiger partial charge in [-0.05, 0) is 29.8 Å². The van der Waals surface area contributed by atoms with Crippen molar-refractivity contribution < 1.29 is 14.6 Å². The molecule has 0 aliphatic carbocycles. The molecule has 0 spiro atoms. The molecule has 3 nitrogen and oxygen atoms in total. The first-order chi connectivity index (χ1) is 7.66. The predicted octanol–water partition coefficient (Wildman–Crippen LogP) is -0.00750. The minimum atomic E-state index is -1.40. The molecule has 16 heavy (non-hydrogen) atoms. The lowest BCUT2D eigenvalue weighted by molar-refractivity contribution is 0.426. The molecule has 0 amide bonds. The fourth-order valence-corrected chi connectivity index (χ4v) is 3.37.